The summed E-state index contributed by atoms with van der Waals surface area (Å²) in [5.41, 5.74) is 2.58. The maximum atomic E-state index is 12.4. The number of rotatable bonds is 8. The molecule has 0 bridgehead atoms. The second-order valence-electron chi connectivity index (χ2n) is 6.91. The molecule has 0 unspecified atom stereocenters. The Bertz CT molecular complexity index is 1190. The number of anilines is 1. The number of nitrogens with zero attached hydrogens (tertiary/aromatic N) is 1. The molecule has 0 atom stereocenters. The molecule has 0 aliphatic carbocycles. The molecule has 0 saturated carbocycles. The number of nitrogens with one attached hydrogen (secondary N) is 2. The minimum Gasteiger partial charge on any atom is -0.352 e. The first kappa shape index (κ1) is 21.1. The molecule has 7 heteroatoms. The summed E-state index contributed by atoms with van der Waals surface area (Å²) >= 11 is 2.82. The first-order chi connectivity index (χ1) is 15.2. The Morgan fingerprint density at radius 3 is 2.55 bits per heavy atom. The van der Waals surface area contributed by atoms with E-state index in [-0.39, 0.29) is 24.0 Å². The van der Waals surface area contributed by atoms with E-state index in [1.807, 2.05) is 78.2 Å². The Hall–Kier alpha value is -3.16. The highest BCUT2D eigenvalue weighted by Gasteiger charge is 2.11. The third-order valence-electron chi connectivity index (χ3n) is 4.60. The summed E-state index contributed by atoms with van der Waals surface area (Å²) in [6.07, 6.45) is 0.228. The molecule has 0 aliphatic rings. The monoisotopic (exact) mass is 447 g/mol. The number of carbonyl (C=O) groups is 2. The van der Waals surface area contributed by atoms with E-state index >= 15 is 0 Å². The molecule has 2 amide bonds. The van der Waals surface area contributed by atoms with Gasteiger partial charge in [-0.15, -0.1) is 11.3 Å². The largest absolute Gasteiger partial charge is 0.352 e. The molecule has 0 aliphatic heterocycles. The van der Waals surface area contributed by atoms with Crippen LogP contribution in [0.15, 0.2) is 82.5 Å². The zero-order valence-electron chi connectivity index (χ0n) is 16.7. The van der Waals surface area contributed by atoms with E-state index in [0.29, 0.717) is 12.2 Å². The summed E-state index contributed by atoms with van der Waals surface area (Å²) in [6.45, 7) is 0.500. The number of amides is 2. The molecule has 0 spiro atoms. The molecule has 0 saturated heterocycles. The van der Waals surface area contributed by atoms with Gasteiger partial charge in [0.1, 0.15) is 0 Å². The fraction of sp³-hybridized carbons (Fsp3) is 0.125. The van der Waals surface area contributed by atoms with Crippen molar-refractivity contribution < 1.29 is 9.59 Å². The van der Waals surface area contributed by atoms with Gasteiger partial charge in [0.05, 0.1) is 17.9 Å². The highest BCUT2D eigenvalue weighted by Crippen LogP contribution is 2.25. The number of hydrogen-bond donors (Lipinski definition) is 2. The molecule has 2 N–H and O–H groups in total. The third-order valence-corrected chi connectivity index (χ3v) is 6.67. The lowest BCUT2D eigenvalue weighted by molar-refractivity contribution is -0.120. The topological polar surface area (TPSA) is 71.1 Å². The molecule has 156 valence electrons. The summed E-state index contributed by atoms with van der Waals surface area (Å²) in [6, 6.07) is 23.6. The van der Waals surface area contributed by atoms with Crippen molar-refractivity contribution in [2.45, 2.75) is 17.3 Å². The van der Waals surface area contributed by atoms with Gasteiger partial charge >= 0.3 is 0 Å². The van der Waals surface area contributed by atoms with E-state index < -0.39 is 0 Å². The molecule has 0 fully saturated rings. The minimum absolute atomic E-state index is 0.0700. The smallest absolute Gasteiger partial charge is 0.234 e. The lowest BCUT2D eigenvalue weighted by Gasteiger charge is -2.08. The molecule has 1 heterocycles. The highest BCUT2D eigenvalue weighted by molar-refractivity contribution is 8.01. The van der Waals surface area contributed by atoms with Gasteiger partial charge in [0.25, 0.3) is 0 Å². The van der Waals surface area contributed by atoms with Gasteiger partial charge in [-0.1, -0.05) is 78.5 Å². The Morgan fingerprint density at radius 1 is 0.903 bits per heavy atom. The van der Waals surface area contributed by atoms with Crippen LogP contribution in [-0.4, -0.2) is 22.6 Å². The van der Waals surface area contributed by atoms with Gasteiger partial charge in [-0.3, -0.25) is 9.59 Å². The fourth-order valence-corrected chi connectivity index (χ4v) is 4.75. The maximum Gasteiger partial charge on any atom is 0.234 e. The molecule has 0 radical (unpaired) electrons. The van der Waals surface area contributed by atoms with E-state index in [4.69, 9.17) is 0 Å². The van der Waals surface area contributed by atoms with E-state index in [0.717, 1.165) is 26.4 Å². The van der Waals surface area contributed by atoms with Crippen LogP contribution < -0.4 is 10.6 Å². The first-order valence-corrected chi connectivity index (χ1v) is 11.7. The van der Waals surface area contributed by atoms with E-state index in [1.165, 1.54) is 23.1 Å². The third kappa shape index (κ3) is 5.93. The average molecular weight is 448 g/mol. The number of hydrogen-bond acceptors (Lipinski definition) is 5. The van der Waals surface area contributed by atoms with Crippen molar-refractivity contribution in [2.75, 3.05) is 11.1 Å². The Morgan fingerprint density at radius 2 is 1.68 bits per heavy atom. The Kier molecular flexibility index (Phi) is 6.96. The van der Waals surface area contributed by atoms with Gasteiger partial charge in [0.15, 0.2) is 4.34 Å². The van der Waals surface area contributed by atoms with Crippen molar-refractivity contribution in [3.63, 3.8) is 0 Å². The van der Waals surface area contributed by atoms with Crippen LogP contribution in [0.1, 0.15) is 11.3 Å². The second-order valence-corrected chi connectivity index (χ2v) is 8.99. The molecule has 5 nitrogen and oxygen atoms in total. The predicted octanol–water partition coefficient (Wildman–Crippen LogP) is 4.89. The lowest BCUT2D eigenvalue weighted by Crippen LogP contribution is -2.24. The molecule has 4 rings (SSSR count). The standard InChI is InChI=1S/C24H21N3O2S2/c28-22(25-14-17-7-2-1-3-8-17)13-19-15-30-24(26-19)31-16-23(29)27-21-12-6-10-18-9-4-5-11-20(18)21/h1-12,15H,13-14,16H2,(H,25,28)(H,27,29). The van der Waals surface area contributed by atoms with Gasteiger partial charge in [0.2, 0.25) is 11.8 Å². The average Bonchev–Trinajstić information content (AvgIpc) is 3.24. The first-order valence-electron chi connectivity index (χ1n) is 9.83. The number of thioether (sulfide) groups is 1. The Labute approximate surface area is 188 Å². The van der Waals surface area contributed by atoms with Crippen LogP contribution >= 0.6 is 23.1 Å². The molecule has 31 heavy (non-hydrogen) atoms. The van der Waals surface area contributed by atoms with Gasteiger partial charge in [0, 0.05) is 23.0 Å². The maximum absolute atomic E-state index is 12.4. The van der Waals surface area contributed by atoms with Crippen LogP contribution in [0.25, 0.3) is 10.8 Å². The van der Waals surface area contributed by atoms with Crippen molar-refractivity contribution in [2.24, 2.45) is 0 Å². The van der Waals surface area contributed by atoms with Gasteiger partial charge in [-0.2, -0.15) is 0 Å². The lowest BCUT2D eigenvalue weighted by atomic mass is 10.1. The molecule has 1 aromatic heterocycles. The van der Waals surface area contributed by atoms with E-state index in [2.05, 4.69) is 15.6 Å². The summed E-state index contributed by atoms with van der Waals surface area (Å²) < 4.78 is 0.777. The molecule has 3 aromatic carbocycles. The van der Waals surface area contributed by atoms with E-state index in [9.17, 15) is 9.59 Å². The van der Waals surface area contributed by atoms with Crippen molar-refractivity contribution >= 4 is 51.4 Å². The second kappa shape index (κ2) is 10.2. The van der Waals surface area contributed by atoms with Gasteiger partial charge in [-0.05, 0) is 17.0 Å². The summed E-state index contributed by atoms with van der Waals surface area (Å²) in [5, 5.41) is 9.85. The van der Waals surface area contributed by atoms with Crippen molar-refractivity contribution in [1.82, 2.24) is 10.3 Å². The zero-order chi connectivity index (χ0) is 21.5. The van der Waals surface area contributed by atoms with Crippen LogP contribution in [0.2, 0.25) is 0 Å². The molecular formula is C24H21N3O2S2. The zero-order valence-corrected chi connectivity index (χ0v) is 18.3. The SMILES string of the molecule is O=C(Cc1csc(SCC(=O)Nc2cccc3ccccc23)n1)NCc1ccccc1. The normalized spacial score (nSPS) is 10.7. The van der Waals surface area contributed by atoms with Gasteiger partial charge < -0.3 is 10.6 Å². The minimum atomic E-state index is -0.0845. The van der Waals surface area contributed by atoms with Crippen molar-refractivity contribution in [3.8, 4) is 0 Å². The van der Waals surface area contributed by atoms with Crippen molar-refractivity contribution in [3.05, 3.63) is 89.4 Å². The summed E-state index contributed by atoms with van der Waals surface area (Å²) in [5.74, 6) is 0.106. The molecular weight excluding hydrogens is 426 g/mol. The number of carbonyl (C=O) groups excluding carboxylic acids is 2. The van der Waals surface area contributed by atoms with Crippen LogP contribution in [-0.2, 0) is 22.6 Å². The summed E-state index contributed by atoms with van der Waals surface area (Å²) in [7, 11) is 0. The van der Waals surface area contributed by atoms with Crippen LogP contribution in [0.5, 0.6) is 0 Å². The number of benzene rings is 3. The predicted molar refractivity (Wildman–Crippen MR) is 127 cm³/mol. The van der Waals surface area contributed by atoms with Crippen LogP contribution in [0.3, 0.4) is 0 Å². The quantitative estimate of drug-likeness (QED) is 0.378. The van der Waals surface area contributed by atoms with Gasteiger partial charge in [-0.25, -0.2) is 4.98 Å². The van der Waals surface area contributed by atoms with Crippen LogP contribution in [0, 0.1) is 0 Å². The van der Waals surface area contributed by atoms with Crippen LogP contribution in [0.4, 0.5) is 5.69 Å². The number of thiazole rings is 1. The highest BCUT2D eigenvalue weighted by atomic mass is 32.2. The Balaban J connectivity index is 1.26. The summed E-state index contributed by atoms with van der Waals surface area (Å²) in [4.78, 5) is 29.0. The molecule has 4 aromatic rings. The fourth-order valence-electron chi connectivity index (χ4n) is 3.11. The van der Waals surface area contributed by atoms with Crippen molar-refractivity contribution in [1.29, 1.82) is 0 Å². The number of aromatic nitrogens is 1. The van der Waals surface area contributed by atoms with E-state index in [1.54, 1.807) is 0 Å². The number of fused-ring (bicyclic) bond motifs is 1.